The van der Waals surface area contributed by atoms with Crippen molar-refractivity contribution in [2.24, 2.45) is 0 Å². The van der Waals surface area contributed by atoms with Crippen molar-refractivity contribution in [3.05, 3.63) is 23.0 Å². The largest absolute Gasteiger partial charge is 0.398 e. The second-order valence-electron chi connectivity index (χ2n) is 4.65. The molecule has 1 aromatic heterocycles. The van der Waals surface area contributed by atoms with Crippen LogP contribution in [0.2, 0.25) is 0 Å². The van der Waals surface area contributed by atoms with E-state index in [-0.39, 0.29) is 0 Å². The van der Waals surface area contributed by atoms with E-state index >= 15 is 0 Å². The predicted octanol–water partition coefficient (Wildman–Crippen LogP) is 2.46. The van der Waals surface area contributed by atoms with Gasteiger partial charge in [0, 0.05) is 30.2 Å². The molecular weight excluding hydrogens is 230 g/mol. The Hall–Kier alpha value is -0.740. The fourth-order valence-electron chi connectivity index (χ4n) is 1.71. The van der Waals surface area contributed by atoms with Crippen LogP contribution in [0.25, 0.3) is 0 Å². The second-order valence-corrected chi connectivity index (χ2v) is 5.56. The van der Waals surface area contributed by atoms with Crippen LogP contribution in [0.1, 0.15) is 23.7 Å². The number of anilines is 1. The zero-order valence-corrected chi connectivity index (χ0v) is 12.3. The molecule has 1 atom stereocenters. The quantitative estimate of drug-likeness (QED) is 0.875. The summed E-state index contributed by atoms with van der Waals surface area (Å²) in [5.74, 6) is 1.14. The number of hydrogen-bond acceptors (Lipinski definition) is 4. The van der Waals surface area contributed by atoms with Crippen molar-refractivity contribution in [2.45, 2.75) is 33.4 Å². The van der Waals surface area contributed by atoms with Crippen molar-refractivity contribution in [1.29, 1.82) is 0 Å². The molecular formula is C13H23N3S. The van der Waals surface area contributed by atoms with Gasteiger partial charge in [-0.25, -0.2) is 0 Å². The lowest BCUT2D eigenvalue weighted by atomic mass is 10.1. The van der Waals surface area contributed by atoms with Gasteiger partial charge in [0.2, 0.25) is 0 Å². The molecule has 0 saturated heterocycles. The molecule has 0 bridgehead atoms. The van der Waals surface area contributed by atoms with Gasteiger partial charge < -0.3 is 5.73 Å². The first-order valence-electron chi connectivity index (χ1n) is 5.87. The topological polar surface area (TPSA) is 42.2 Å². The Bertz CT molecular complexity index is 379. The second kappa shape index (κ2) is 6.26. The molecule has 1 aromatic rings. The maximum absolute atomic E-state index is 6.03. The van der Waals surface area contributed by atoms with Gasteiger partial charge in [0.05, 0.1) is 5.69 Å². The third kappa shape index (κ3) is 3.61. The van der Waals surface area contributed by atoms with E-state index in [0.29, 0.717) is 6.04 Å². The van der Waals surface area contributed by atoms with Crippen molar-refractivity contribution in [3.63, 3.8) is 0 Å². The van der Waals surface area contributed by atoms with Crippen LogP contribution >= 0.6 is 11.8 Å². The lowest BCUT2D eigenvalue weighted by molar-refractivity contribution is 0.266. The van der Waals surface area contributed by atoms with Crippen LogP contribution in [-0.2, 0) is 6.54 Å². The molecule has 0 fully saturated rings. The number of pyridine rings is 1. The molecule has 0 aromatic carbocycles. The number of aryl methyl sites for hydroxylation is 1. The van der Waals surface area contributed by atoms with Crippen LogP contribution in [0.5, 0.6) is 0 Å². The summed E-state index contributed by atoms with van der Waals surface area (Å²) in [5, 5.41) is 0. The number of nitrogens with two attached hydrogens (primary N) is 1. The van der Waals surface area contributed by atoms with Crippen LogP contribution in [0.15, 0.2) is 6.20 Å². The fraction of sp³-hybridized carbons (Fsp3) is 0.615. The number of thioether (sulfide) groups is 1. The first-order valence-corrected chi connectivity index (χ1v) is 7.26. The van der Waals surface area contributed by atoms with E-state index in [1.54, 1.807) is 0 Å². The SMILES string of the molecule is CSCC(C)N(C)Cc1ncc(C)c(N)c1C. The van der Waals surface area contributed by atoms with E-state index in [4.69, 9.17) is 5.73 Å². The summed E-state index contributed by atoms with van der Waals surface area (Å²) in [6.07, 6.45) is 4.00. The average Bonchev–Trinajstić information content (AvgIpc) is 2.30. The van der Waals surface area contributed by atoms with Gasteiger partial charge in [-0.15, -0.1) is 0 Å². The van der Waals surface area contributed by atoms with Gasteiger partial charge >= 0.3 is 0 Å². The average molecular weight is 253 g/mol. The lowest BCUT2D eigenvalue weighted by Gasteiger charge is -2.24. The number of nitrogen functional groups attached to an aromatic ring is 1. The number of rotatable bonds is 5. The molecule has 0 saturated carbocycles. The first-order chi connectivity index (χ1) is 7.97. The standard InChI is InChI=1S/C13H23N3S/c1-9-6-15-12(11(3)13(9)14)7-16(4)10(2)8-17-5/h6,10H,7-8H2,1-5H3,(H2,14,15). The van der Waals surface area contributed by atoms with Gasteiger partial charge in [0.25, 0.3) is 0 Å². The van der Waals surface area contributed by atoms with Crippen molar-refractivity contribution >= 4 is 17.4 Å². The van der Waals surface area contributed by atoms with Crippen LogP contribution in [-0.4, -0.2) is 35.0 Å². The summed E-state index contributed by atoms with van der Waals surface area (Å²) in [6, 6.07) is 0.550. The van der Waals surface area contributed by atoms with Crippen LogP contribution in [0.4, 0.5) is 5.69 Å². The molecule has 0 aliphatic carbocycles. The number of hydrogen-bond donors (Lipinski definition) is 1. The van der Waals surface area contributed by atoms with Crippen LogP contribution < -0.4 is 5.73 Å². The van der Waals surface area contributed by atoms with Crippen LogP contribution in [0, 0.1) is 13.8 Å². The minimum absolute atomic E-state index is 0.550. The van der Waals surface area contributed by atoms with Gasteiger partial charge in [-0.05, 0) is 45.2 Å². The third-order valence-corrected chi connectivity index (χ3v) is 4.05. The van der Waals surface area contributed by atoms with Gasteiger partial charge in [-0.2, -0.15) is 11.8 Å². The summed E-state index contributed by atoms with van der Waals surface area (Å²) in [6.45, 7) is 7.15. The summed E-state index contributed by atoms with van der Waals surface area (Å²) >= 11 is 1.87. The smallest absolute Gasteiger partial charge is 0.0593 e. The van der Waals surface area contributed by atoms with E-state index in [0.717, 1.165) is 34.8 Å². The van der Waals surface area contributed by atoms with E-state index in [1.807, 2.05) is 24.9 Å². The van der Waals surface area contributed by atoms with E-state index in [9.17, 15) is 0 Å². The molecule has 0 amide bonds. The highest BCUT2D eigenvalue weighted by Gasteiger charge is 2.12. The van der Waals surface area contributed by atoms with Crippen molar-refractivity contribution in [3.8, 4) is 0 Å². The minimum atomic E-state index is 0.550. The minimum Gasteiger partial charge on any atom is -0.398 e. The summed E-state index contributed by atoms with van der Waals surface area (Å²) < 4.78 is 0. The van der Waals surface area contributed by atoms with Crippen molar-refractivity contribution in [2.75, 3.05) is 24.8 Å². The van der Waals surface area contributed by atoms with Gasteiger partial charge in [0.15, 0.2) is 0 Å². The molecule has 2 N–H and O–H groups in total. The third-order valence-electron chi connectivity index (χ3n) is 3.24. The maximum Gasteiger partial charge on any atom is 0.0593 e. The van der Waals surface area contributed by atoms with E-state index in [2.05, 4.69) is 37.0 Å². The van der Waals surface area contributed by atoms with Gasteiger partial charge in [0.1, 0.15) is 0 Å². The Morgan fingerprint density at radius 1 is 1.47 bits per heavy atom. The normalized spacial score (nSPS) is 13.1. The molecule has 1 heterocycles. The predicted molar refractivity (Wildman–Crippen MR) is 77.4 cm³/mol. The molecule has 4 heteroatoms. The van der Waals surface area contributed by atoms with Gasteiger partial charge in [-0.1, -0.05) is 0 Å². The van der Waals surface area contributed by atoms with E-state index < -0.39 is 0 Å². The molecule has 1 unspecified atom stereocenters. The molecule has 3 nitrogen and oxygen atoms in total. The maximum atomic E-state index is 6.03. The highest BCUT2D eigenvalue weighted by Crippen LogP contribution is 2.19. The van der Waals surface area contributed by atoms with E-state index in [1.165, 1.54) is 0 Å². The monoisotopic (exact) mass is 253 g/mol. The number of nitrogens with zero attached hydrogens (tertiary/aromatic N) is 2. The van der Waals surface area contributed by atoms with Gasteiger partial charge in [-0.3, -0.25) is 9.88 Å². The lowest BCUT2D eigenvalue weighted by Crippen LogP contribution is -2.31. The molecule has 0 spiro atoms. The summed E-state index contributed by atoms with van der Waals surface area (Å²) in [5.41, 5.74) is 10.2. The Balaban J connectivity index is 2.78. The summed E-state index contributed by atoms with van der Waals surface area (Å²) in [7, 11) is 2.14. The first kappa shape index (κ1) is 14.3. The molecule has 1 rings (SSSR count). The Labute approximate surface area is 109 Å². The molecule has 0 radical (unpaired) electrons. The zero-order chi connectivity index (χ0) is 13.0. The molecule has 96 valence electrons. The molecule has 17 heavy (non-hydrogen) atoms. The Morgan fingerprint density at radius 3 is 2.71 bits per heavy atom. The Morgan fingerprint density at radius 2 is 2.12 bits per heavy atom. The molecule has 0 aliphatic rings. The fourth-order valence-corrected chi connectivity index (χ4v) is 2.45. The number of aromatic nitrogens is 1. The summed E-state index contributed by atoms with van der Waals surface area (Å²) in [4.78, 5) is 6.81. The molecule has 0 aliphatic heterocycles. The van der Waals surface area contributed by atoms with Crippen molar-refractivity contribution < 1.29 is 0 Å². The zero-order valence-electron chi connectivity index (χ0n) is 11.4. The highest BCUT2D eigenvalue weighted by molar-refractivity contribution is 7.98. The Kier molecular flexibility index (Phi) is 5.28. The van der Waals surface area contributed by atoms with Crippen molar-refractivity contribution in [1.82, 2.24) is 9.88 Å². The van der Waals surface area contributed by atoms with Crippen LogP contribution in [0.3, 0.4) is 0 Å². The highest BCUT2D eigenvalue weighted by atomic mass is 32.2.